The van der Waals surface area contributed by atoms with Crippen molar-refractivity contribution in [3.63, 3.8) is 0 Å². The molecule has 1 unspecified atom stereocenters. The second-order valence-corrected chi connectivity index (χ2v) is 7.40. The van der Waals surface area contributed by atoms with Crippen LogP contribution in [0.3, 0.4) is 0 Å². The monoisotopic (exact) mass is 409 g/mol. The van der Waals surface area contributed by atoms with Gasteiger partial charge in [0.25, 0.3) is 5.91 Å². The van der Waals surface area contributed by atoms with Crippen molar-refractivity contribution in [2.24, 2.45) is 0 Å². The zero-order valence-electron chi connectivity index (χ0n) is 16.6. The van der Waals surface area contributed by atoms with Gasteiger partial charge in [0, 0.05) is 31.3 Å². The molecule has 1 aromatic heterocycles. The number of methoxy groups -OCH3 is 1. The molecule has 4 rings (SSSR count). The predicted octanol–water partition coefficient (Wildman–Crippen LogP) is 1.59. The number of hydrogen-bond acceptors (Lipinski definition) is 6. The molecule has 156 valence electrons. The lowest BCUT2D eigenvalue weighted by Gasteiger charge is -2.39. The Hall–Kier alpha value is -3.62. The molecule has 1 saturated heterocycles. The SMILES string of the molecule is COc1ccc(NC(=O)CN2CCC3(CCC2=O)NC(=O)c2cccnc2N3)cc1. The van der Waals surface area contributed by atoms with Crippen molar-refractivity contribution in [3.8, 4) is 5.75 Å². The van der Waals surface area contributed by atoms with Crippen LogP contribution in [0.15, 0.2) is 42.6 Å². The molecule has 3 N–H and O–H groups in total. The summed E-state index contributed by atoms with van der Waals surface area (Å²) in [5.41, 5.74) is 0.354. The first kappa shape index (κ1) is 19.7. The number of carbonyl (C=O) groups excluding carboxylic acids is 3. The number of pyridine rings is 1. The van der Waals surface area contributed by atoms with Crippen molar-refractivity contribution in [3.05, 3.63) is 48.2 Å². The van der Waals surface area contributed by atoms with E-state index in [1.54, 1.807) is 49.7 Å². The molecular weight excluding hydrogens is 386 g/mol. The normalized spacial score (nSPS) is 20.6. The van der Waals surface area contributed by atoms with Crippen LogP contribution in [0.25, 0.3) is 0 Å². The molecule has 3 amide bonds. The van der Waals surface area contributed by atoms with Gasteiger partial charge in [0.05, 0.1) is 19.2 Å². The maximum absolute atomic E-state index is 12.6. The number of anilines is 2. The third-order valence-electron chi connectivity index (χ3n) is 5.40. The van der Waals surface area contributed by atoms with Crippen LogP contribution in [0.4, 0.5) is 11.5 Å². The molecule has 0 aliphatic carbocycles. The van der Waals surface area contributed by atoms with E-state index in [4.69, 9.17) is 4.74 Å². The van der Waals surface area contributed by atoms with Gasteiger partial charge in [-0.1, -0.05) is 0 Å². The number of rotatable bonds is 4. The largest absolute Gasteiger partial charge is 0.497 e. The summed E-state index contributed by atoms with van der Waals surface area (Å²) in [6.45, 7) is 0.286. The number of nitrogens with zero attached hydrogens (tertiary/aromatic N) is 2. The van der Waals surface area contributed by atoms with Crippen LogP contribution in [-0.2, 0) is 9.59 Å². The highest BCUT2D eigenvalue weighted by Crippen LogP contribution is 2.30. The number of likely N-dealkylation sites (tertiary alicyclic amines) is 1. The van der Waals surface area contributed by atoms with E-state index in [1.165, 1.54) is 4.90 Å². The fourth-order valence-electron chi connectivity index (χ4n) is 3.75. The molecular formula is C21H23N5O4. The quantitative estimate of drug-likeness (QED) is 0.707. The Morgan fingerprint density at radius 1 is 1.20 bits per heavy atom. The van der Waals surface area contributed by atoms with Gasteiger partial charge < -0.3 is 25.6 Å². The Kier molecular flexibility index (Phi) is 5.26. The van der Waals surface area contributed by atoms with Gasteiger partial charge in [0.2, 0.25) is 11.8 Å². The molecule has 1 aromatic carbocycles. The Bertz CT molecular complexity index is 978. The average molecular weight is 409 g/mol. The number of benzene rings is 1. The van der Waals surface area contributed by atoms with Gasteiger partial charge in [-0.25, -0.2) is 4.98 Å². The minimum Gasteiger partial charge on any atom is -0.497 e. The van der Waals surface area contributed by atoms with Crippen LogP contribution < -0.4 is 20.7 Å². The van der Waals surface area contributed by atoms with Crippen LogP contribution in [0.1, 0.15) is 29.6 Å². The third kappa shape index (κ3) is 4.05. The molecule has 9 heteroatoms. The van der Waals surface area contributed by atoms with Crippen LogP contribution >= 0.6 is 0 Å². The van der Waals surface area contributed by atoms with Crippen molar-refractivity contribution in [2.45, 2.75) is 24.9 Å². The molecule has 9 nitrogen and oxygen atoms in total. The maximum atomic E-state index is 12.6. The molecule has 0 saturated carbocycles. The Morgan fingerprint density at radius 2 is 2.00 bits per heavy atom. The summed E-state index contributed by atoms with van der Waals surface area (Å²) in [6.07, 6.45) is 2.72. The van der Waals surface area contributed by atoms with Gasteiger partial charge in [-0.05, 0) is 42.8 Å². The molecule has 0 bridgehead atoms. The van der Waals surface area contributed by atoms with Crippen molar-refractivity contribution in [2.75, 3.05) is 30.8 Å². The number of aromatic nitrogens is 1. The first-order chi connectivity index (χ1) is 14.5. The van der Waals surface area contributed by atoms with Crippen molar-refractivity contribution in [1.29, 1.82) is 0 Å². The molecule has 2 aliphatic heterocycles. The standard InChI is InChI=1S/C21H23N5O4/c1-30-15-6-4-14(5-7-15)23-17(27)13-26-12-10-21(9-8-18(26)28)24-19-16(20(29)25-21)3-2-11-22-19/h2-7,11H,8-10,12-13H2,1H3,(H,22,24)(H,23,27)(H,25,29). The molecule has 30 heavy (non-hydrogen) atoms. The number of fused-ring (bicyclic) bond motifs is 1. The van der Waals surface area contributed by atoms with Gasteiger partial charge in [0.15, 0.2) is 0 Å². The topological polar surface area (TPSA) is 113 Å². The second-order valence-electron chi connectivity index (χ2n) is 7.40. The maximum Gasteiger partial charge on any atom is 0.256 e. The lowest BCUT2D eigenvalue weighted by atomic mass is 9.97. The number of hydrogen-bond donors (Lipinski definition) is 3. The summed E-state index contributed by atoms with van der Waals surface area (Å²) in [4.78, 5) is 43.3. The van der Waals surface area contributed by atoms with E-state index < -0.39 is 5.66 Å². The Labute approximate surface area is 173 Å². The highest BCUT2D eigenvalue weighted by molar-refractivity contribution is 6.01. The zero-order valence-corrected chi connectivity index (χ0v) is 16.6. The fourth-order valence-corrected chi connectivity index (χ4v) is 3.75. The van der Waals surface area contributed by atoms with Crippen LogP contribution in [0.2, 0.25) is 0 Å². The van der Waals surface area contributed by atoms with Gasteiger partial charge in [-0.3, -0.25) is 14.4 Å². The van der Waals surface area contributed by atoms with Crippen LogP contribution in [-0.4, -0.2) is 53.5 Å². The smallest absolute Gasteiger partial charge is 0.256 e. The summed E-state index contributed by atoms with van der Waals surface area (Å²) < 4.78 is 5.10. The van der Waals surface area contributed by atoms with Gasteiger partial charge >= 0.3 is 0 Å². The van der Waals surface area contributed by atoms with Crippen LogP contribution in [0.5, 0.6) is 5.75 Å². The fraction of sp³-hybridized carbons (Fsp3) is 0.333. The molecule has 3 heterocycles. The van der Waals surface area contributed by atoms with E-state index in [0.717, 1.165) is 0 Å². The summed E-state index contributed by atoms with van der Waals surface area (Å²) >= 11 is 0. The van der Waals surface area contributed by atoms with E-state index in [-0.39, 0.29) is 30.7 Å². The lowest BCUT2D eigenvalue weighted by Crippen LogP contribution is -2.58. The summed E-state index contributed by atoms with van der Waals surface area (Å²) in [5.74, 6) is 0.588. The Morgan fingerprint density at radius 3 is 2.77 bits per heavy atom. The van der Waals surface area contributed by atoms with E-state index in [1.807, 2.05) is 0 Å². The number of nitrogens with one attached hydrogen (secondary N) is 3. The first-order valence-corrected chi connectivity index (χ1v) is 9.75. The van der Waals surface area contributed by atoms with Gasteiger partial charge in [-0.15, -0.1) is 0 Å². The van der Waals surface area contributed by atoms with E-state index in [2.05, 4.69) is 20.9 Å². The highest BCUT2D eigenvalue weighted by atomic mass is 16.5. The van der Waals surface area contributed by atoms with Crippen molar-refractivity contribution >= 4 is 29.2 Å². The highest BCUT2D eigenvalue weighted by Gasteiger charge is 2.41. The predicted molar refractivity (Wildman–Crippen MR) is 110 cm³/mol. The number of ether oxygens (including phenoxy) is 1. The molecule has 1 atom stereocenters. The van der Waals surface area contributed by atoms with E-state index in [0.29, 0.717) is 42.2 Å². The van der Waals surface area contributed by atoms with Crippen molar-refractivity contribution in [1.82, 2.24) is 15.2 Å². The molecule has 1 spiro atoms. The summed E-state index contributed by atoms with van der Waals surface area (Å²) in [6, 6.07) is 10.4. The second kappa shape index (κ2) is 8.02. The average Bonchev–Trinajstić information content (AvgIpc) is 2.89. The summed E-state index contributed by atoms with van der Waals surface area (Å²) in [7, 11) is 1.57. The number of amides is 3. The van der Waals surface area contributed by atoms with Gasteiger partial charge in [0.1, 0.15) is 17.2 Å². The molecule has 2 aromatic rings. The lowest BCUT2D eigenvalue weighted by molar-refractivity contribution is -0.134. The molecule has 2 aliphatic rings. The molecule has 0 radical (unpaired) electrons. The Balaban J connectivity index is 1.40. The van der Waals surface area contributed by atoms with Gasteiger partial charge in [-0.2, -0.15) is 0 Å². The van der Waals surface area contributed by atoms with Crippen molar-refractivity contribution < 1.29 is 19.1 Å². The van der Waals surface area contributed by atoms with Crippen LogP contribution in [0, 0.1) is 0 Å². The third-order valence-corrected chi connectivity index (χ3v) is 5.40. The minimum absolute atomic E-state index is 0.0519. The summed E-state index contributed by atoms with van der Waals surface area (Å²) in [5, 5.41) is 9.07. The van der Waals surface area contributed by atoms with E-state index in [9.17, 15) is 14.4 Å². The molecule has 1 fully saturated rings. The number of carbonyl (C=O) groups is 3. The first-order valence-electron chi connectivity index (χ1n) is 9.75. The minimum atomic E-state index is -0.755. The zero-order chi connectivity index (χ0) is 21.1. The van der Waals surface area contributed by atoms with E-state index >= 15 is 0 Å².